The molecule has 1 rings (SSSR count). The van der Waals surface area contributed by atoms with Gasteiger partial charge in [-0.3, -0.25) is 9.59 Å². The Morgan fingerprint density at radius 1 is 1.41 bits per heavy atom. The summed E-state index contributed by atoms with van der Waals surface area (Å²) in [4.78, 5) is 22.1. The lowest BCUT2D eigenvalue weighted by Gasteiger charge is -2.23. The van der Waals surface area contributed by atoms with Gasteiger partial charge in [-0.25, -0.2) is 0 Å². The zero-order valence-electron chi connectivity index (χ0n) is 10.4. The molecule has 5 nitrogen and oxygen atoms in total. The van der Waals surface area contributed by atoms with Crippen LogP contribution in [0.2, 0.25) is 0 Å². The Balaban J connectivity index is 2.26. The smallest absolute Gasteiger partial charge is 0.303 e. The fourth-order valence-electron chi connectivity index (χ4n) is 2.31. The zero-order valence-corrected chi connectivity index (χ0v) is 10.4. The lowest BCUT2D eigenvalue weighted by molar-refractivity contribution is -0.137. The van der Waals surface area contributed by atoms with E-state index in [1.165, 1.54) is 0 Å². The van der Waals surface area contributed by atoms with Gasteiger partial charge in [-0.2, -0.15) is 0 Å². The predicted octanol–water partition coefficient (Wildman–Crippen LogP) is 1.02. The van der Waals surface area contributed by atoms with Crippen molar-refractivity contribution in [3.8, 4) is 0 Å². The van der Waals surface area contributed by atoms with Crippen molar-refractivity contribution >= 4 is 11.9 Å². The van der Waals surface area contributed by atoms with Crippen LogP contribution in [-0.2, 0) is 9.59 Å². The van der Waals surface area contributed by atoms with Gasteiger partial charge >= 0.3 is 5.97 Å². The first kappa shape index (κ1) is 14.0. The molecule has 0 saturated heterocycles. The number of hydrogen-bond acceptors (Lipinski definition) is 3. The minimum Gasteiger partial charge on any atom is -0.481 e. The number of rotatable bonds is 6. The highest BCUT2D eigenvalue weighted by Gasteiger charge is 2.31. The van der Waals surface area contributed by atoms with Gasteiger partial charge in [0, 0.05) is 24.4 Å². The van der Waals surface area contributed by atoms with Crippen LogP contribution in [0.15, 0.2) is 0 Å². The SMILES string of the molecule is CC(CCC(=O)O)NC(=O)CC1(N)CCCC1. The van der Waals surface area contributed by atoms with Crippen LogP contribution >= 0.6 is 0 Å². The van der Waals surface area contributed by atoms with E-state index >= 15 is 0 Å². The van der Waals surface area contributed by atoms with Gasteiger partial charge in [-0.15, -0.1) is 0 Å². The molecule has 1 atom stereocenters. The van der Waals surface area contributed by atoms with E-state index in [0.29, 0.717) is 12.8 Å². The van der Waals surface area contributed by atoms with Gasteiger partial charge < -0.3 is 16.2 Å². The summed E-state index contributed by atoms with van der Waals surface area (Å²) in [6.07, 6.45) is 4.89. The van der Waals surface area contributed by atoms with Crippen LogP contribution in [0.25, 0.3) is 0 Å². The van der Waals surface area contributed by atoms with E-state index in [0.717, 1.165) is 25.7 Å². The number of hydrogen-bond donors (Lipinski definition) is 3. The number of aliphatic carboxylic acids is 1. The molecule has 4 N–H and O–H groups in total. The molecule has 1 fully saturated rings. The fraction of sp³-hybridized carbons (Fsp3) is 0.833. The first-order valence-corrected chi connectivity index (χ1v) is 6.21. The van der Waals surface area contributed by atoms with Crippen molar-refractivity contribution in [2.24, 2.45) is 5.73 Å². The van der Waals surface area contributed by atoms with Crippen LogP contribution in [0.1, 0.15) is 51.9 Å². The van der Waals surface area contributed by atoms with Crippen molar-refractivity contribution in [2.75, 3.05) is 0 Å². The van der Waals surface area contributed by atoms with E-state index in [4.69, 9.17) is 10.8 Å². The van der Waals surface area contributed by atoms with Crippen LogP contribution in [0, 0.1) is 0 Å². The van der Waals surface area contributed by atoms with Gasteiger partial charge in [0.15, 0.2) is 0 Å². The molecule has 17 heavy (non-hydrogen) atoms. The van der Waals surface area contributed by atoms with Gasteiger partial charge in [0.2, 0.25) is 5.91 Å². The van der Waals surface area contributed by atoms with Crippen molar-refractivity contribution in [1.82, 2.24) is 5.32 Å². The van der Waals surface area contributed by atoms with Gasteiger partial charge in [0.1, 0.15) is 0 Å². The molecule has 0 spiro atoms. The normalized spacial score (nSPS) is 19.9. The summed E-state index contributed by atoms with van der Waals surface area (Å²) in [5.41, 5.74) is 5.77. The molecule has 1 unspecified atom stereocenters. The first-order valence-electron chi connectivity index (χ1n) is 6.21. The average Bonchev–Trinajstić information content (AvgIpc) is 2.61. The van der Waals surface area contributed by atoms with E-state index < -0.39 is 5.97 Å². The molecular weight excluding hydrogens is 220 g/mol. The Hall–Kier alpha value is -1.10. The molecule has 0 bridgehead atoms. The lowest BCUT2D eigenvalue weighted by Crippen LogP contribution is -2.44. The lowest BCUT2D eigenvalue weighted by atomic mass is 9.94. The molecule has 98 valence electrons. The Morgan fingerprint density at radius 3 is 2.53 bits per heavy atom. The molecule has 5 heteroatoms. The van der Waals surface area contributed by atoms with Crippen LogP contribution in [0.4, 0.5) is 0 Å². The maximum Gasteiger partial charge on any atom is 0.303 e. The maximum absolute atomic E-state index is 11.7. The predicted molar refractivity (Wildman–Crippen MR) is 64.5 cm³/mol. The molecule has 1 saturated carbocycles. The van der Waals surface area contributed by atoms with Gasteiger partial charge in [-0.1, -0.05) is 12.8 Å². The second-order valence-electron chi connectivity index (χ2n) is 5.15. The molecule has 1 amide bonds. The molecule has 0 aliphatic heterocycles. The summed E-state index contributed by atoms with van der Waals surface area (Å²) >= 11 is 0. The first-order chi connectivity index (χ1) is 7.91. The van der Waals surface area contributed by atoms with Crippen LogP contribution in [0.5, 0.6) is 0 Å². The van der Waals surface area contributed by atoms with E-state index in [-0.39, 0.29) is 23.9 Å². The third-order valence-corrected chi connectivity index (χ3v) is 3.31. The molecule has 1 aliphatic rings. The topological polar surface area (TPSA) is 92.4 Å². The summed E-state index contributed by atoms with van der Waals surface area (Å²) in [6, 6.07) is -0.108. The number of carboxylic acids is 1. The van der Waals surface area contributed by atoms with E-state index in [2.05, 4.69) is 5.32 Å². The monoisotopic (exact) mass is 242 g/mol. The number of carboxylic acid groups (broad SMARTS) is 1. The molecule has 0 radical (unpaired) electrons. The van der Waals surface area contributed by atoms with E-state index in [1.54, 1.807) is 0 Å². The maximum atomic E-state index is 11.7. The minimum atomic E-state index is -0.836. The van der Waals surface area contributed by atoms with Crippen molar-refractivity contribution in [3.05, 3.63) is 0 Å². The van der Waals surface area contributed by atoms with Crippen molar-refractivity contribution in [1.29, 1.82) is 0 Å². The number of amides is 1. The van der Waals surface area contributed by atoms with Gasteiger partial charge in [0.25, 0.3) is 0 Å². The van der Waals surface area contributed by atoms with Gasteiger partial charge in [0.05, 0.1) is 0 Å². The molecule has 0 heterocycles. The van der Waals surface area contributed by atoms with E-state index in [9.17, 15) is 9.59 Å². The van der Waals surface area contributed by atoms with Gasteiger partial charge in [-0.05, 0) is 26.2 Å². The van der Waals surface area contributed by atoms with Crippen molar-refractivity contribution in [2.45, 2.75) is 63.5 Å². The Kier molecular flexibility index (Phi) is 4.93. The highest BCUT2D eigenvalue weighted by atomic mass is 16.4. The summed E-state index contributed by atoms with van der Waals surface area (Å²) in [5.74, 6) is -0.899. The third-order valence-electron chi connectivity index (χ3n) is 3.31. The largest absolute Gasteiger partial charge is 0.481 e. The zero-order chi connectivity index (χ0) is 12.9. The van der Waals surface area contributed by atoms with Crippen molar-refractivity contribution in [3.63, 3.8) is 0 Å². The highest BCUT2D eigenvalue weighted by Crippen LogP contribution is 2.29. The van der Waals surface area contributed by atoms with Crippen LogP contribution < -0.4 is 11.1 Å². The van der Waals surface area contributed by atoms with E-state index in [1.807, 2.05) is 6.92 Å². The number of nitrogens with one attached hydrogen (secondary N) is 1. The van der Waals surface area contributed by atoms with Crippen molar-refractivity contribution < 1.29 is 14.7 Å². The molecular formula is C12H22N2O3. The molecule has 0 aromatic carbocycles. The Morgan fingerprint density at radius 2 is 2.00 bits per heavy atom. The third kappa shape index (κ3) is 5.17. The molecule has 0 aromatic rings. The standard InChI is InChI=1S/C12H22N2O3/c1-9(4-5-11(16)17)14-10(15)8-12(13)6-2-3-7-12/h9H,2-8,13H2,1H3,(H,14,15)(H,16,17). The molecule has 0 aromatic heterocycles. The van der Waals surface area contributed by atoms with Crippen LogP contribution in [-0.4, -0.2) is 28.6 Å². The summed E-state index contributed by atoms with van der Waals surface area (Å²) in [7, 11) is 0. The summed E-state index contributed by atoms with van der Waals surface area (Å²) < 4.78 is 0. The second kappa shape index (κ2) is 6.00. The average molecular weight is 242 g/mol. The Bertz CT molecular complexity index is 285. The summed E-state index contributed by atoms with van der Waals surface area (Å²) in [6.45, 7) is 1.82. The van der Waals surface area contributed by atoms with Crippen LogP contribution in [0.3, 0.4) is 0 Å². The quantitative estimate of drug-likeness (QED) is 0.648. The Labute approximate surface area is 102 Å². The molecule has 1 aliphatic carbocycles. The number of carbonyl (C=O) groups excluding carboxylic acids is 1. The number of carbonyl (C=O) groups is 2. The fourth-order valence-corrected chi connectivity index (χ4v) is 2.31. The highest BCUT2D eigenvalue weighted by molar-refractivity contribution is 5.77. The second-order valence-corrected chi connectivity index (χ2v) is 5.15. The minimum absolute atomic E-state index is 0.0627. The number of nitrogens with two attached hydrogens (primary N) is 1. The summed E-state index contributed by atoms with van der Waals surface area (Å²) in [5, 5.41) is 11.3.